The highest BCUT2D eigenvalue weighted by Gasteiger charge is 2.20. The number of hydrogen-bond donors (Lipinski definition) is 0. The molecule has 1 aliphatic rings. The summed E-state index contributed by atoms with van der Waals surface area (Å²) in [4.78, 5) is 8.90. The van der Waals surface area contributed by atoms with Crippen LogP contribution in [-0.4, -0.2) is 51.1 Å². The van der Waals surface area contributed by atoms with Crippen molar-refractivity contribution in [2.45, 2.75) is 6.54 Å². The molecule has 23 heavy (non-hydrogen) atoms. The van der Waals surface area contributed by atoms with Gasteiger partial charge in [-0.05, 0) is 12.1 Å². The molecule has 0 spiro atoms. The molecule has 7 nitrogen and oxygen atoms in total. The first-order valence-corrected chi connectivity index (χ1v) is 7.56. The molecule has 1 fully saturated rings. The number of aryl methyl sites for hydroxylation is 1. The molecule has 0 aliphatic carbocycles. The Kier molecular flexibility index (Phi) is 3.45. The van der Waals surface area contributed by atoms with Crippen LogP contribution < -0.4 is 4.90 Å². The van der Waals surface area contributed by atoms with Gasteiger partial charge < -0.3 is 9.32 Å². The summed E-state index contributed by atoms with van der Waals surface area (Å²) in [6.07, 6.45) is 1.92. The highest BCUT2D eigenvalue weighted by Crippen LogP contribution is 2.19. The Morgan fingerprint density at radius 2 is 2.04 bits per heavy atom. The first-order valence-electron chi connectivity index (χ1n) is 7.56. The third-order valence-corrected chi connectivity index (χ3v) is 4.04. The molecule has 0 radical (unpaired) electrons. The molecule has 120 valence electrons. The van der Waals surface area contributed by atoms with Gasteiger partial charge in [-0.1, -0.05) is 5.21 Å². The molecule has 3 aromatic rings. The highest BCUT2D eigenvalue weighted by molar-refractivity contribution is 5.72. The first-order chi connectivity index (χ1) is 11.2. The number of halogens is 1. The molecule has 1 aromatic carbocycles. The average molecular weight is 316 g/mol. The lowest BCUT2D eigenvalue weighted by molar-refractivity contribution is 0.228. The molecular formula is C15H17FN6O. The van der Waals surface area contributed by atoms with Gasteiger partial charge in [0.05, 0.1) is 12.7 Å². The second-order valence-electron chi connectivity index (χ2n) is 5.73. The van der Waals surface area contributed by atoms with Crippen LogP contribution in [0, 0.1) is 5.82 Å². The van der Waals surface area contributed by atoms with Crippen LogP contribution in [-0.2, 0) is 13.6 Å². The van der Waals surface area contributed by atoms with Gasteiger partial charge in [0.2, 0.25) is 5.89 Å². The highest BCUT2D eigenvalue weighted by atomic mass is 19.1. The van der Waals surface area contributed by atoms with Crippen molar-refractivity contribution in [2.75, 3.05) is 31.1 Å². The SMILES string of the molecule is Cn1cc(N2CCN(Cc3nc4ccc(F)cc4o3)CC2)nn1. The fourth-order valence-electron chi connectivity index (χ4n) is 2.82. The number of aromatic nitrogens is 4. The monoisotopic (exact) mass is 316 g/mol. The van der Waals surface area contributed by atoms with E-state index in [0.29, 0.717) is 23.5 Å². The Morgan fingerprint density at radius 3 is 2.78 bits per heavy atom. The van der Waals surface area contributed by atoms with Gasteiger partial charge in [-0.25, -0.2) is 9.37 Å². The summed E-state index contributed by atoms with van der Waals surface area (Å²) in [5.41, 5.74) is 1.19. The molecular weight excluding hydrogens is 299 g/mol. The van der Waals surface area contributed by atoms with Crippen molar-refractivity contribution in [3.05, 3.63) is 36.1 Å². The van der Waals surface area contributed by atoms with Gasteiger partial charge in [0, 0.05) is 39.3 Å². The molecule has 2 aromatic heterocycles. The quantitative estimate of drug-likeness (QED) is 0.728. The molecule has 3 heterocycles. The van der Waals surface area contributed by atoms with Crippen LogP contribution in [0.1, 0.15) is 5.89 Å². The van der Waals surface area contributed by atoms with E-state index in [1.165, 1.54) is 12.1 Å². The number of oxazole rings is 1. The predicted molar refractivity (Wildman–Crippen MR) is 82.5 cm³/mol. The fraction of sp³-hybridized carbons (Fsp3) is 0.400. The summed E-state index contributed by atoms with van der Waals surface area (Å²) in [7, 11) is 1.86. The number of piperazine rings is 1. The predicted octanol–water partition coefficient (Wildman–Crippen LogP) is 1.42. The van der Waals surface area contributed by atoms with E-state index in [0.717, 1.165) is 32.0 Å². The van der Waals surface area contributed by atoms with Gasteiger partial charge in [0.25, 0.3) is 0 Å². The van der Waals surface area contributed by atoms with Crippen molar-refractivity contribution in [3.63, 3.8) is 0 Å². The topological polar surface area (TPSA) is 63.2 Å². The standard InChI is InChI=1S/C15H17FN6O/c1-20-9-14(18-19-20)22-6-4-21(5-7-22)10-15-17-12-3-2-11(16)8-13(12)23-15/h2-3,8-9H,4-7,10H2,1H3. The lowest BCUT2D eigenvalue weighted by Crippen LogP contribution is -2.46. The van der Waals surface area contributed by atoms with E-state index in [1.807, 2.05) is 13.2 Å². The van der Waals surface area contributed by atoms with Crippen molar-refractivity contribution < 1.29 is 8.81 Å². The zero-order valence-corrected chi connectivity index (χ0v) is 12.8. The Hall–Kier alpha value is -2.48. The van der Waals surface area contributed by atoms with Crippen LogP contribution in [0.2, 0.25) is 0 Å². The minimum Gasteiger partial charge on any atom is -0.439 e. The third kappa shape index (κ3) is 2.89. The maximum atomic E-state index is 13.2. The van der Waals surface area contributed by atoms with Crippen molar-refractivity contribution in [1.82, 2.24) is 24.9 Å². The van der Waals surface area contributed by atoms with E-state index in [9.17, 15) is 4.39 Å². The Bertz CT molecular complexity index is 820. The van der Waals surface area contributed by atoms with E-state index in [4.69, 9.17) is 4.42 Å². The van der Waals surface area contributed by atoms with Gasteiger partial charge in [-0.15, -0.1) is 5.10 Å². The second kappa shape index (κ2) is 5.62. The average Bonchev–Trinajstić information content (AvgIpc) is 3.13. The van der Waals surface area contributed by atoms with E-state index in [2.05, 4.69) is 25.1 Å². The maximum Gasteiger partial charge on any atom is 0.209 e. The second-order valence-corrected chi connectivity index (χ2v) is 5.73. The third-order valence-electron chi connectivity index (χ3n) is 4.04. The zero-order chi connectivity index (χ0) is 15.8. The van der Waals surface area contributed by atoms with Crippen LogP contribution in [0.15, 0.2) is 28.8 Å². The van der Waals surface area contributed by atoms with Crippen LogP contribution >= 0.6 is 0 Å². The lowest BCUT2D eigenvalue weighted by atomic mass is 10.3. The molecule has 0 bridgehead atoms. The largest absolute Gasteiger partial charge is 0.439 e. The number of hydrogen-bond acceptors (Lipinski definition) is 6. The van der Waals surface area contributed by atoms with Gasteiger partial charge in [-0.3, -0.25) is 9.58 Å². The summed E-state index contributed by atoms with van der Waals surface area (Å²) in [6, 6.07) is 4.41. The number of anilines is 1. The number of nitrogens with zero attached hydrogens (tertiary/aromatic N) is 6. The Balaban J connectivity index is 1.40. The summed E-state index contributed by atoms with van der Waals surface area (Å²) in [5, 5.41) is 8.11. The maximum absolute atomic E-state index is 13.2. The molecule has 1 aliphatic heterocycles. The summed E-state index contributed by atoms with van der Waals surface area (Å²) < 4.78 is 20.5. The van der Waals surface area contributed by atoms with Crippen LogP contribution in [0.25, 0.3) is 11.1 Å². The zero-order valence-electron chi connectivity index (χ0n) is 12.8. The van der Waals surface area contributed by atoms with Gasteiger partial charge in [0.15, 0.2) is 11.4 Å². The van der Waals surface area contributed by atoms with E-state index in [-0.39, 0.29) is 5.82 Å². The number of rotatable bonds is 3. The molecule has 4 rings (SSSR count). The van der Waals surface area contributed by atoms with Crippen LogP contribution in [0.4, 0.5) is 10.2 Å². The van der Waals surface area contributed by atoms with E-state index >= 15 is 0 Å². The summed E-state index contributed by atoms with van der Waals surface area (Å²) in [6.45, 7) is 4.18. The van der Waals surface area contributed by atoms with E-state index in [1.54, 1.807) is 10.7 Å². The van der Waals surface area contributed by atoms with Gasteiger partial charge in [-0.2, -0.15) is 0 Å². The van der Waals surface area contributed by atoms with Crippen molar-refractivity contribution in [2.24, 2.45) is 7.05 Å². The van der Waals surface area contributed by atoms with Crippen molar-refractivity contribution in [1.29, 1.82) is 0 Å². The molecule has 1 saturated heterocycles. The van der Waals surface area contributed by atoms with Crippen molar-refractivity contribution in [3.8, 4) is 0 Å². The molecule has 0 N–H and O–H groups in total. The molecule has 0 saturated carbocycles. The van der Waals surface area contributed by atoms with E-state index < -0.39 is 0 Å². The normalized spacial score (nSPS) is 16.3. The first kappa shape index (κ1) is 14.1. The van der Waals surface area contributed by atoms with Crippen molar-refractivity contribution >= 4 is 16.9 Å². The minimum absolute atomic E-state index is 0.308. The van der Waals surface area contributed by atoms with Crippen LogP contribution in [0.3, 0.4) is 0 Å². The smallest absolute Gasteiger partial charge is 0.209 e. The molecule has 8 heteroatoms. The Labute approximate surface area is 132 Å². The van der Waals surface area contributed by atoms with Crippen LogP contribution in [0.5, 0.6) is 0 Å². The summed E-state index contributed by atoms with van der Waals surface area (Å²) >= 11 is 0. The van der Waals surface area contributed by atoms with Gasteiger partial charge in [0.1, 0.15) is 11.3 Å². The summed E-state index contributed by atoms with van der Waals surface area (Å²) in [5.74, 6) is 1.22. The molecule has 0 amide bonds. The van der Waals surface area contributed by atoms with Gasteiger partial charge >= 0.3 is 0 Å². The number of benzene rings is 1. The molecule has 0 atom stereocenters. The molecule has 0 unspecified atom stereocenters. The fourth-order valence-corrected chi connectivity index (χ4v) is 2.82. The minimum atomic E-state index is -0.308. The Morgan fingerprint density at radius 1 is 1.22 bits per heavy atom. The lowest BCUT2D eigenvalue weighted by Gasteiger charge is -2.33. The number of fused-ring (bicyclic) bond motifs is 1.